The summed E-state index contributed by atoms with van der Waals surface area (Å²) in [5.41, 5.74) is 0.564. The van der Waals surface area contributed by atoms with E-state index in [1.807, 2.05) is 5.92 Å². The van der Waals surface area contributed by atoms with Crippen LogP contribution in [-0.2, 0) is 0 Å². The molecule has 65 valence electrons. The van der Waals surface area contributed by atoms with Gasteiger partial charge in [0.1, 0.15) is 0 Å². The lowest BCUT2D eigenvalue weighted by molar-refractivity contribution is 0.265. The standard InChI is InChI=1S/C11H21/c1-4-7-10-8-5-6-9-11(10,2)3/h4-9H2,1-3H3. The molecule has 1 radical (unpaired) electrons. The predicted molar refractivity (Wildman–Crippen MR) is 50.4 cm³/mol. The van der Waals surface area contributed by atoms with Gasteiger partial charge in [0, 0.05) is 0 Å². The summed E-state index contributed by atoms with van der Waals surface area (Å²) in [4.78, 5) is 0. The Kier molecular flexibility index (Phi) is 2.98. The van der Waals surface area contributed by atoms with Gasteiger partial charge in [-0.25, -0.2) is 0 Å². The van der Waals surface area contributed by atoms with E-state index in [-0.39, 0.29) is 0 Å². The van der Waals surface area contributed by atoms with Crippen LogP contribution in [0.15, 0.2) is 0 Å². The Labute approximate surface area is 71.4 Å². The van der Waals surface area contributed by atoms with Crippen LogP contribution in [-0.4, -0.2) is 0 Å². The third-order valence-electron chi connectivity index (χ3n) is 3.04. The van der Waals surface area contributed by atoms with E-state index in [4.69, 9.17) is 0 Å². The number of hydrogen-bond donors (Lipinski definition) is 0. The zero-order valence-corrected chi connectivity index (χ0v) is 8.24. The fourth-order valence-electron chi connectivity index (χ4n) is 2.19. The molecule has 0 heterocycles. The average Bonchev–Trinajstić information content (AvgIpc) is 1.94. The molecule has 0 atom stereocenters. The highest BCUT2D eigenvalue weighted by atomic mass is 14.4. The second-order valence-electron chi connectivity index (χ2n) is 4.44. The lowest BCUT2D eigenvalue weighted by atomic mass is 9.67. The molecule has 1 aliphatic rings. The van der Waals surface area contributed by atoms with Crippen LogP contribution in [0, 0.1) is 11.3 Å². The van der Waals surface area contributed by atoms with E-state index >= 15 is 0 Å². The van der Waals surface area contributed by atoms with Crippen LogP contribution >= 0.6 is 0 Å². The van der Waals surface area contributed by atoms with Crippen molar-refractivity contribution in [3.8, 4) is 0 Å². The molecule has 0 heteroatoms. The largest absolute Gasteiger partial charge is 0.0654 e. The molecule has 0 spiro atoms. The van der Waals surface area contributed by atoms with Crippen molar-refractivity contribution in [3.63, 3.8) is 0 Å². The lowest BCUT2D eigenvalue weighted by Crippen LogP contribution is -2.25. The maximum atomic E-state index is 2.41. The molecule has 0 unspecified atom stereocenters. The van der Waals surface area contributed by atoms with Crippen molar-refractivity contribution in [2.75, 3.05) is 0 Å². The van der Waals surface area contributed by atoms with E-state index in [0.717, 1.165) is 0 Å². The van der Waals surface area contributed by atoms with Crippen LogP contribution in [0.2, 0.25) is 0 Å². The second kappa shape index (κ2) is 3.60. The monoisotopic (exact) mass is 153 g/mol. The van der Waals surface area contributed by atoms with Crippen molar-refractivity contribution in [3.05, 3.63) is 5.92 Å². The third-order valence-corrected chi connectivity index (χ3v) is 3.04. The van der Waals surface area contributed by atoms with Crippen molar-refractivity contribution in [2.24, 2.45) is 5.41 Å². The first kappa shape index (κ1) is 9.09. The van der Waals surface area contributed by atoms with E-state index in [9.17, 15) is 0 Å². The highest BCUT2D eigenvalue weighted by Crippen LogP contribution is 2.44. The van der Waals surface area contributed by atoms with Crippen molar-refractivity contribution in [2.45, 2.75) is 59.3 Å². The van der Waals surface area contributed by atoms with Gasteiger partial charge in [0.2, 0.25) is 0 Å². The molecule has 0 bridgehead atoms. The minimum absolute atomic E-state index is 0.564. The van der Waals surface area contributed by atoms with E-state index in [0.29, 0.717) is 5.41 Å². The quantitative estimate of drug-likeness (QED) is 0.563. The first-order valence-electron chi connectivity index (χ1n) is 5.02. The second-order valence-corrected chi connectivity index (χ2v) is 4.44. The van der Waals surface area contributed by atoms with Crippen LogP contribution in [0.5, 0.6) is 0 Å². The maximum Gasteiger partial charge on any atom is -0.0185 e. The van der Waals surface area contributed by atoms with Gasteiger partial charge in [-0.3, -0.25) is 0 Å². The van der Waals surface area contributed by atoms with Crippen LogP contribution < -0.4 is 0 Å². The Bertz CT molecular complexity index is 111. The molecule has 1 aliphatic carbocycles. The molecule has 1 fully saturated rings. The summed E-state index contributed by atoms with van der Waals surface area (Å²) in [7, 11) is 0. The van der Waals surface area contributed by atoms with Gasteiger partial charge in [-0.2, -0.15) is 0 Å². The van der Waals surface area contributed by atoms with Gasteiger partial charge < -0.3 is 0 Å². The zero-order chi connectivity index (χ0) is 8.32. The number of hydrogen-bond acceptors (Lipinski definition) is 0. The average molecular weight is 153 g/mol. The number of rotatable bonds is 2. The van der Waals surface area contributed by atoms with Gasteiger partial charge in [0.25, 0.3) is 0 Å². The van der Waals surface area contributed by atoms with Crippen LogP contribution in [0.25, 0.3) is 0 Å². The predicted octanol–water partition coefficient (Wildman–Crippen LogP) is 3.96. The summed E-state index contributed by atoms with van der Waals surface area (Å²) in [6, 6.07) is 0. The van der Waals surface area contributed by atoms with E-state index in [1.165, 1.54) is 38.5 Å². The summed E-state index contributed by atoms with van der Waals surface area (Å²) < 4.78 is 0. The van der Waals surface area contributed by atoms with Gasteiger partial charge in [-0.15, -0.1) is 0 Å². The summed E-state index contributed by atoms with van der Waals surface area (Å²) >= 11 is 0. The van der Waals surface area contributed by atoms with Gasteiger partial charge in [0.05, 0.1) is 0 Å². The minimum Gasteiger partial charge on any atom is -0.0654 e. The molecular formula is C11H21. The van der Waals surface area contributed by atoms with Crippen LogP contribution in [0.4, 0.5) is 0 Å². The Balaban J connectivity index is 2.45. The fraction of sp³-hybridized carbons (Fsp3) is 0.909. The molecule has 0 aromatic carbocycles. The molecule has 1 rings (SSSR count). The molecule has 0 aromatic heterocycles. The van der Waals surface area contributed by atoms with Gasteiger partial charge in [-0.1, -0.05) is 40.0 Å². The maximum absolute atomic E-state index is 2.41. The highest BCUT2D eigenvalue weighted by molar-refractivity contribution is 5.04. The first-order chi connectivity index (χ1) is 5.17. The first-order valence-corrected chi connectivity index (χ1v) is 5.02. The molecule has 0 aromatic rings. The third kappa shape index (κ3) is 2.21. The van der Waals surface area contributed by atoms with Gasteiger partial charge in [0.15, 0.2) is 0 Å². The van der Waals surface area contributed by atoms with Crippen molar-refractivity contribution in [1.29, 1.82) is 0 Å². The summed E-state index contributed by atoms with van der Waals surface area (Å²) in [6.07, 6.45) is 8.41. The molecule has 1 saturated carbocycles. The summed E-state index contributed by atoms with van der Waals surface area (Å²) in [5.74, 6) is 1.83. The van der Waals surface area contributed by atoms with E-state index in [2.05, 4.69) is 20.8 Å². The molecule has 0 nitrogen and oxygen atoms in total. The zero-order valence-electron chi connectivity index (χ0n) is 8.24. The molecule has 0 aliphatic heterocycles. The molecule has 0 N–H and O–H groups in total. The van der Waals surface area contributed by atoms with Gasteiger partial charge >= 0.3 is 0 Å². The Morgan fingerprint density at radius 1 is 1.27 bits per heavy atom. The molecule has 0 saturated heterocycles. The molecule has 11 heavy (non-hydrogen) atoms. The van der Waals surface area contributed by atoms with Crippen molar-refractivity contribution >= 4 is 0 Å². The Morgan fingerprint density at radius 2 is 2.00 bits per heavy atom. The highest BCUT2D eigenvalue weighted by Gasteiger charge is 2.31. The Hall–Kier alpha value is 0. The summed E-state index contributed by atoms with van der Waals surface area (Å²) in [6.45, 7) is 7.12. The fourth-order valence-corrected chi connectivity index (χ4v) is 2.19. The minimum atomic E-state index is 0.564. The van der Waals surface area contributed by atoms with Gasteiger partial charge in [-0.05, 0) is 30.6 Å². The topological polar surface area (TPSA) is 0 Å². The summed E-state index contributed by atoms with van der Waals surface area (Å²) in [5, 5.41) is 0. The normalized spacial score (nSPS) is 25.4. The van der Waals surface area contributed by atoms with Crippen LogP contribution in [0.1, 0.15) is 59.3 Å². The molecular weight excluding hydrogens is 132 g/mol. The Morgan fingerprint density at radius 3 is 2.55 bits per heavy atom. The smallest absolute Gasteiger partial charge is 0.0185 e. The lowest BCUT2D eigenvalue weighted by Gasteiger charge is -2.38. The van der Waals surface area contributed by atoms with E-state index < -0.39 is 0 Å². The molecule has 0 amide bonds. The van der Waals surface area contributed by atoms with E-state index in [1.54, 1.807) is 0 Å². The SMILES string of the molecule is CCC[C]1CCCCC1(C)C. The van der Waals surface area contributed by atoms with Crippen molar-refractivity contribution in [1.82, 2.24) is 0 Å². The van der Waals surface area contributed by atoms with Crippen LogP contribution in [0.3, 0.4) is 0 Å². The van der Waals surface area contributed by atoms with Crippen molar-refractivity contribution < 1.29 is 0 Å².